The van der Waals surface area contributed by atoms with Crippen LogP contribution in [0.15, 0.2) is 24.3 Å². The quantitative estimate of drug-likeness (QED) is 0.828. The molecule has 0 aliphatic heterocycles. The minimum Gasteiger partial charge on any atom is -0.484 e. The van der Waals surface area contributed by atoms with Gasteiger partial charge in [-0.05, 0) is 50.8 Å². The van der Waals surface area contributed by atoms with Crippen molar-refractivity contribution in [2.75, 3.05) is 13.2 Å². The van der Waals surface area contributed by atoms with Gasteiger partial charge in [0.1, 0.15) is 5.75 Å². The third-order valence-electron chi connectivity index (χ3n) is 3.49. The molecule has 2 N–H and O–H groups in total. The van der Waals surface area contributed by atoms with Crippen LogP contribution in [0.3, 0.4) is 0 Å². The molecule has 4 heteroatoms. The molecule has 1 amide bonds. The highest BCUT2D eigenvalue weighted by molar-refractivity contribution is 5.78. The fraction of sp³-hybridized carbons (Fsp3) is 0.562. The highest BCUT2D eigenvalue weighted by atomic mass is 16.5. The van der Waals surface area contributed by atoms with Crippen molar-refractivity contribution in [2.24, 2.45) is 5.73 Å². The molecule has 20 heavy (non-hydrogen) atoms. The molecule has 1 saturated carbocycles. The number of ether oxygens (including phenoxy) is 1. The van der Waals surface area contributed by atoms with Crippen LogP contribution in [0.5, 0.6) is 5.75 Å². The first kappa shape index (κ1) is 14.9. The Kier molecular flexibility index (Phi) is 5.01. The lowest BCUT2D eigenvalue weighted by Crippen LogP contribution is -2.36. The number of benzene rings is 1. The Morgan fingerprint density at radius 2 is 2.05 bits per heavy atom. The molecule has 0 spiro atoms. The Morgan fingerprint density at radius 3 is 2.55 bits per heavy atom. The summed E-state index contributed by atoms with van der Waals surface area (Å²) in [6, 6.07) is 8.41. The predicted molar refractivity (Wildman–Crippen MR) is 79.7 cm³/mol. The highest BCUT2D eigenvalue weighted by Crippen LogP contribution is 2.26. The number of hydrogen-bond acceptors (Lipinski definition) is 3. The van der Waals surface area contributed by atoms with Gasteiger partial charge >= 0.3 is 0 Å². The van der Waals surface area contributed by atoms with Crippen LogP contribution < -0.4 is 10.5 Å². The van der Waals surface area contributed by atoms with Crippen LogP contribution in [0.2, 0.25) is 0 Å². The van der Waals surface area contributed by atoms with Crippen LogP contribution in [0.25, 0.3) is 0 Å². The van der Waals surface area contributed by atoms with Crippen molar-refractivity contribution in [3.8, 4) is 5.75 Å². The summed E-state index contributed by atoms with van der Waals surface area (Å²) >= 11 is 0. The third-order valence-corrected chi connectivity index (χ3v) is 3.49. The molecule has 1 unspecified atom stereocenters. The molecule has 0 aromatic heterocycles. The summed E-state index contributed by atoms with van der Waals surface area (Å²) in [5, 5.41) is 0. The normalized spacial score (nSPS) is 15.8. The number of carbonyl (C=O) groups is 1. The maximum absolute atomic E-state index is 12.0. The monoisotopic (exact) mass is 276 g/mol. The van der Waals surface area contributed by atoms with Crippen LogP contribution in [0.1, 0.15) is 32.3 Å². The molecule has 1 aliphatic rings. The van der Waals surface area contributed by atoms with Gasteiger partial charge in [-0.15, -0.1) is 0 Å². The van der Waals surface area contributed by atoms with Crippen LogP contribution in [-0.2, 0) is 11.2 Å². The molecule has 1 aromatic carbocycles. The second-order valence-electron chi connectivity index (χ2n) is 5.52. The van der Waals surface area contributed by atoms with Gasteiger partial charge in [-0.1, -0.05) is 12.1 Å². The number of nitrogens with zero attached hydrogens (tertiary/aromatic N) is 1. The molecule has 1 aromatic rings. The zero-order chi connectivity index (χ0) is 14.5. The maximum Gasteiger partial charge on any atom is 0.260 e. The highest BCUT2D eigenvalue weighted by Gasteiger charge is 2.31. The van der Waals surface area contributed by atoms with Crippen molar-refractivity contribution in [1.82, 2.24) is 4.90 Å². The van der Waals surface area contributed by atoms with E-state index in [0.29, 0.717) is 6.04 Å². The lowest BCUT2D eigenvalue weighted by molar-refractivity contribution is -0.133. The lowest BCUT2D eigenvalue weighted by Gasteiger charge is -2.20. The number of likely N-dealkylation sites (N-methyl/N-ethyl adjacent to an activating group) is 1. The van der Waals surface area contributed by atoms with E-state index >= 15 is 0 Å². The van der Waals surface area contributed by atoms with Crippen molar-refractivity contribution < 1.29 is 9.53 Å². The summed E-state index contributed by atoms with van der Waals surface area (Å²) in [5.74, 6) is 0.813. The number of rotatable bonds is 7. The fourth-order valence-electron chi connectivity index (χ4n) is 2.35. The number of amides is 1. The van der Waals surface area contributed by atoms with E-state index in [1.54, 1.807) is 0 Å². The Morgan fingerprint density at radius 1 is 1.40 bits per heavy atom. The van der Waals surface area contributed by atoms with Gasteiger partial charge in [-0.3, -0.25) is 4.79 Å². The number of hydrogen-bond donors (Lipinski definition) is 1. The molecule has 1 fully saturated rings. The molecule has 0 radical (unpaired) electrons. The predicted octanol–water partition coefficient (Wildman–Crippen LogP) is 1.97. The van der Waals surface area contributed by atoms with Crippen molar-refractivity contribution in [3.05, 3.63) is 29.8 Å². The summed E-state index contributed by atoms with van der Waals surface area (Å²) in [6.45, 7) is 4.89. The molecule has 0 bridgehead atoms. The minimum absolute atomic E-state index is 0.0784. The maximum atomic E-state index is 12.0. The number of nitrogens with two attached hydrogens (primary N) is 1. The molecule has 0 saturated heterocycles. The van der Waals surface area contributed by atoms with Crippen LogP contribution >= 0.6 is 0 Å². The molecular formula is C16H24N2O2. The molecular weight excluding hydrogens is 252 g/mol. The summed E-state index contributed by atoms with van der Waals surface area (Å²) in [5.41, 5.74) is 6.95. The van der Waals surface area contributed by atoms with Crippen LogP contribution in [-0.4, -0.2) is 36.0 Å². The first-order valence-electron chi connectivity index (χ1n) is 7.37. The zero-order valence-corrected chi connectivity index (χ0v) is 12.3. The molecule has 0 heterocycles. The first-order valence-corrected chi connectivity index (χ1v) is 7.37. The second-order valence-corrected chi connectivity index (χ2v) is 5.52. The minimum atomic E-state index is 0.0784. The van der Waals surface area contributed by atoms with E-state index in [2.05, 4.69) is 0 Å². The van der Waals surface area contributed by atoms with E-state index in [-0.39, 0.29) is 18.6 Å². The van der Waals surface area contributed by atoms with Crippen LogP contribution in [0, 0.1) is 0 Å². The fourth-order valence-corrected chi connectivity index (χ4v) is 2.35. The van der Waals surface area contributed by atoms with E-state index in [1.807, 2.05) is 43.0 Å². The van der Waals surface area contributed by atoms with Gasteiger partial charge < -0.3 is 15.4 Å². The second kappa shape index (κ2) is 6.75. The smallest absolute Gasteiger partial charge is 0.260 e. The van der Waals surface area contributed by atoms with Gasteiger partial charge in [0.05, 0.1) is 0 Å². The van der Waals surface area contributed by atoms with E-state index < -0.39 is 0 Å². The van der Waals surface area contributed by atoms with Gasteiger partial charge in [0.15, 0.2) is 6.61 Å². The SMILES string of the molecule is CCN(C(=O)COc1ccc(CC(C)N)cc1)C1CC1. The third kappa shape index (κ3) is 4.23. The van der Waals surface area contributed by atoms with E-state index in [1.165, 1.54) is 5.56 Å². The Bertz CT molecular complexity index is 438. The molecule has 2 rings (SSSR count). The van der Waals surface area contributed by atoms with Crippen LogP contribution in [0.4, 0.5) is 0 Å². The standard InChI is InChI=1S/C16H24N2O2/c1-3-18(14-6-7-14)16(19)11-20-15-8-4-13(5-9-15)10-12(2)17/h4-5,8-9,12,14H,3,6-7,10-11,17H2,1-2H3. The summed E-state index contributed by atoms with van der Waals surface area (Å²) in [7, 11) is 0. The van der Waals surface area contributed by atoms with Gasteiger partial charge in [-0.25, -0.2) is 0 Å². The van der Waals surface area contributed by atoms with Crippen molar-refractivity contribution in [3.63, 3.8) is 0 Å². The average Bonchev–Trinajstić information content (AvgIpc) is 3.23. The first-order chi connectivity index (χ1) is 9.60. The summed E-state index contributed by atoms with van der Waals surface area (Å²) < 4.78 is 5.57. The van der Waals surface area contributed by atoms with E-state index in [9.17, 15) is 4.79 Å². The van der Waals surface area contributed by atoms with Gasteiger partial charge in [-0.2, -0.15) is 0 Å². The van der Waals surface area contributed by atoms with E-state index in [0.717, 1.165) is 31.6 Å². The largest absolute Gasteiger partial charge is 0.484 e. The lowest BCUT2D eigenvalue weighted by atomic mass is 10.1. The summed E-state index contributed by atoms with van der Waals surface area (Å²) in [4.78, 5) is 13.9. The zero-order valence-electron chi connectivity index (χ0n) is 12.3. The Balaban J connectivity index is 1.82. The molecule has 1 atom stereocenters. The topological polar surface area (TPSA) is 55.6 Å². The number of carbonyl (C=O) groups excluding carboxylic acids is 1. The Labute approximate surface area is 120 Å². The molecule has 110 valence electrons. The van der Waals surface area contributed by atoms with Crippen molar-refractivity contribution in [1.29, 1.82) is 0 Å². The van der Waals surface area contributed by atoms with Gasteiger partial charge in [0, 0.05) is 18.6 Å². The molecule has 1 aliphatic carbocycles. The van der Waals surface area contributed by atoms with Crippen molar-refractivity contribution >= 4 is 5.91 Å². The van der Waals surface area contributed by atoms with Gasteiger partial charge in [0.25, 0.3) is 5.91 Å². The van der Waals surface area contributed by atoms with Gasteiger partial charge in [0.2, 0.25) is 0 Å². The molecule has 4 nitrogen and oxygen atoms in total. The average molecular weight is 276 g/mol. The van der Waals surface area contributed by atoms with E-state index in [4.69, 9.17) is 10.5 Å². The summed E-state index contributed by atoms with van der Waals surface area (Å²) in [6.07, 6.45) is 3.11. The Hall–Kier alpha value is -1.55. The van der Waals surface area contributed by atoms with Crippen molar-refractivity contribution in [2.45, 2.75) is 45.2 Å².